The first-order valence-electron chi connectivity index (χ1n) is 15.4. The molecule has 49 heavy (non-hydrogen) atoms. The van der Waals surface area contributed by atoms with Crippen LogP contribution < -0.4 is 0 Å². The molecule has 0 aliphatic heterocycles. The molecule has 0 aliphatic rings. The maximum Gasteiger partial charge on any atom is 0.164 e. The van der Waals surface area contributed by atoms with Gasteiger partial charge >= 0.3 is 0 Å². The zero-order valence-corrected chi connectivity index (χ0v) is 25.6. The van der Waals surface area contributed by atoms with Crippen LogP contribution in [0.25, 0.3) is 72.8 Å². The Balaban J connectivity index is 1.42. The minimum atomic E-state index is -0.737. The first-order valence-corrected chi connectivity index (χ1v) is 15.4. The van der Waals surface area contributed by atoms with Gasteiger partial charge in [-0.1, -0.05) is 60.7 Å². The number of hydrogen-bond acceptors (Lipinski definition) is 5. The van der Waals surface area contributed by atoms with Gasteiger partial charge in [0.2, 0.25) is 0 Å². The lowest BCUT2D eigenvalue weighted by Crippen LogP contribution is -2.02. The third kappa shape index (κ3) is 5.24. The van der Waals surface area contributed by atoms with Crippen molar-refractivity contribution >= 4 is 21.8 Å². The van der Waals surface area contributed by atoms with E-state index in [4.69, 9.17) is 15.0 Å². The third-order valence-corrected chi connectivity index (χ3v) is 8.45. The number of aromatic nitrogens is 4. The standard InChI is InChI=1S/C41H22F2N6/c42-29-13-15-31(36(43)21-29)33-22-30(49-37-17-11-25(23-44)19-34(37)35-20-26(24-45)12-18-38(35)49)14-16-32(33)41-47-39(27-7-3-1-4-8-27)46-40(48-41)28-9-5-2-6-10-28/h1-22H. The summed E-state index contributed by atoms with van der Waals surface area (Å²) in [7, 11) is 0. The van der Waals surface area contributed by atoms with Crippen LogP contribution in [0.1, 0.15) is 11.1 Å². The highest BCUT2D eigenvalue weighted by atomic mass is 19.1. The summed E-state index contributed by atoms with van der Waals surface area (Å²) in [6.07, 6.45) is 0. The van der Waals surface area contributed by atoms with E-state index in [2.05, 4.69) is 12.1 Å². The molecule has 0 N–H and O–H groups in total. The Labute approximate surface area is 279 Å². The Morgan fingerprint density at radius 1 is 0.490 bits per heavy atom. The lowest BCUT2D eigenvalue weighted by molar-refractivity contribution is 0.585. The summed E-state index contributed by atoms with van der Waals surface area (Å²) < 4.78 is 31.9. The highest BCUT2D eigenvalue weighted by Gasteiger charge is 2.21. The largest absolute Gasteiger partial charge is 0.309 e. The highest BCUT2D eigenvalue weighted by Crippen LogP contribution is 2.39. The van der Waals surface area contributed by atoms with Crippen LogP contribution in [-0.2, 0) is 0 Å². The van der Waals surface area contributed by atoms with E-state index in [1.54, 1.807) is 24.3 Å². The van der Waals surface area contributed by atoms with Crippen LogP contribution in [0.4, 0.5) is 8.78 Å². The second kappa shape index (κ2) is 12.0. The molecule has 0 unspecified atom stereocenters. The van der Waals surface area contributed by atoms with Gasteiger partial charge in [-0.05, 0) is 72.3 Å². The first kappa shape index (κ1) is 29.4. The van der Waals surface area contributed by atoms with Crippen molar-refractivity contribution in [1.82, 2.24) is 19.5 Å². The second-order valence-corrected chi connectivity index (χ2v) is 11.4. The molecular formula is C41H22F2N6. The van der Waals surface area contributed by atoms with E-state index in [0.29, 0.717) is 45.4 Å². The number of nitriles is 2. The normalized spacial score (nSPS) is 11.0. The topological polar surface area (TPSA) is 91.2 Å². The minimum absolute atomic E-state index is 0.167. The molecule has 0 saturated heterocycles. The predicted octanol–water partition coefficient (Wildman–Crippen LogP) is 9.66. The van der Waals surface area contributed by atoms with E-state index < -0.39 is 11.6 Å². The van der Waals surface area contributed by atoms with Crippen LogP contribution in [-0.4, -0.2) is 19.5 Å². The van der Waals surface area contributed by atoms with Gasteiger partial charge in [0.15, 0.2) is 17.5 Å². The van der Waals surface area contributed by atoms with Gasteiger partial charge in [0.1, 0.15) is 11.6 Å². The molecular weight excluding hydrogens is 614 g/mol. The Kier molecular flexibility index (Phi) is 7.17. The van der Waals surface area contributed by atoms with Crippen LogP contribution in [0.5, 0.6) is 0 Å². The van der Waals surface area contributed by atoms with E-state index >= 15 is 4.39 Å². The van der Waals surface area contributed by atoms with Crippen LogP contribution in [0.3, 0.4) is 0 Å². The van der Waals surface area contributed by atoms with Crippen molar-refractivity contribution in [2.75, 3.05) is 0 Å². The lowest BCUT2D eigenvalue weighted by Gasteiger charge is -2.16. The average molecular weight is 637 g/mol. The van der Waals surface area contributed by atoms with Gasteiger partial charge in [-0.25, -0.2) is 23.7 Å². The lowest BCUT2D eigenvalue weighted by atomic mass is 9.97. The second-order valence-electron chi connectivity index (χ2n) is 11.4. The molecule has 0 bridgehead atoms. The summed E-state index contributed by atoms with van der Waals surface area (Å²) in [5, 5.41) is 20.9. The summed E-state index contributed by atoms with van der Waals surface area (Å²) in [4.78, 5) is 14.5. The molecule has 0 fully saturated rings. The van der Waals surface area contributed by atoms with Crippen LogP contribution in [0.15, 0.2) is 133 Å². The summed E-state index contributed by atoms with van der Waals surface area (Å²) in [6.45, 7) is 0. The zero-order chi connectivity index (χ0) is 33.5. The fourth-order valence-corrected chi connectivity index (χ4v) is 6.17. The monoisotopic (exact) mass is 636 g/mol. The molecule has 2 heterocycles. The van der Waals surface area contributed by atoms with Gasteiger partial charge < -0.3 is 4.57 Å². The summed E-state index contributed by atoms with van der Waals surface area (Å²) in [6, 6.07) is 43.3. The van der Waals surface area contributed by atoms with Gasteiger partial charge in [0.25, 0.3) is 0 Å². The van der Waals surface area contributed by atoms with Crippen molar-refractivity contribution in [2.24, 2.45) is 0 Å². The average Bonchev–Trinajstić information content (AvgIpc) is 3.48. The van der Waals surface area contributed by atoms with E-state index in [-0.39, 0.29) is 5.56 Å². The molecule has 8 heteroatoms. The van der Waals surface area contributed by atoms with Gasteiger partial charge in [-0.3, -0.25) is 0 Å². The number of fused-ring (bicyclic) bond motifs is 3. The Hall–Kier alpha value is -7.03. The van der Waals surface area contributed by atoms with Crippen LogP contribution >= 0.6 is 0 Å². The van der Waals surface area contributed by atoms with E-state index in [9.17, 15) is 14.9 Å². The molecule has 0 spiro atoms. The van der Waals surface area contributed by atoms with Crippen molar-refractivity contribution in [1.29, 1.82) is 10.5 Å². The van der Waals surface area contributed by atoms with Gasteiger partial charge in [0, 0.05) is 44.8 Å². The number of halogens is 2. The van der Waals surface area contributed by atoms with Crippen molar-refractivity contribution in [3.05, 3.63) is 156 Å². The van der Waals surface area contributed by atoms with Crippen molar-refractivity contribution in [3.8, 4) is 63.1 Å². The molecule has 0 radical (unpaired) electrons. The summed E-state index contributed by atoms with van der Waals surface area (Å²) in [5.41, 5.74) is 5.93. The molecule has 8 rings (SSSR count). The predicted molar refractivity (Wildman–Crippen MR) is 185 cm³/mol. The molecule has 0 saturated carbocycles. The minimum Gasteiger partial charge on any atom is -0.309 e. The number of rotatable bonds is 5. The Morgan fingerprint density at radius 2 is 1.02 bits per heavy atom. The third-order valence-electron chi connectivity index (χ3n) is 8.45. The molecule has 8 aromatic rings. The van der Waals surface area contributed by atoms with Gasteiger partial charge in [-0.15, -0.1) is 0 Å². The molecule has 0 atom stereocenters. The number of hydrogen-bond donors (Lipinski definition) is 0. The Morgan fingerprint density at radius 3 is 1.55 bits per heavy atom. The van der Waals surface area contributed by atoms with Gasteiger partial charge in [0.05, 0.1) is 34.3 Å². The van der Waals surface area contributed by atoms with E-state index in [1.165, 1.54) is 12.1 Å². The molecule has 6 nitrogen and oxygen atoms in total. The SMILES string of the molecule is N#Cc1ccc2c(c1)c1cc(C#N)ccc1n2-c1ccc(-c2nc(-c3ccccc3)nc(-c3ccccc3)n2)c(-c2ccc(F)cc2F)c1. The maximum atomic E-state index is 15.7. The molecule has 230 valence electrons. The van der Waals surface area contributed by atoms with Crippen LogP contribution in [0, 0.1) is 34.3 Å². The summed E-state index contributed by atoms with van der Waals surface area (Å²) in [5.74, 6) is -0.219. The van der Waals surface area contributed by atoms with Crippen molar-refractivity contribution in [3.63, 3.8) is 0 Å². The number of nitrogens with zero attached hydrogens (tertiary/aromatic N) is 6. The first-order chi connectivity index (χ1) is 24.0. The number of benzene rings is 6. The van der Waals surface area contributed by atoms with Crippen molar-refractivity contribution < 1.29 is 8.78 Å². The van der Waals surface area contributed by atoms with E-state index in [0.717, 1.165) is 39.0 Å². The quantitative estimate of drug-likeness (QED) is 0.188. The van der Waals surface area contributed by atoms with E-state index in [1.807, 2.05) is 95.6 Å². The zero-order valence-electron chi connectivity index (χ0n) is 25.6. The van der Waals surface area contributed by atoms with Gasteiger partial charge in [-0.2, -0.15) is 10.5 Å². The van der Waals surface area contributed by atoms with Crippen LogP contribution in [0.2, 0.25) is 0 Å². The van der Waals surface area contributed by atoms with Crippen molar-refractivity contribution in [2.45, 2.75) is 0 Å². The Bertz CT molecular complexity index is 2520. The highest BCUT2D eigenvalue weighted by molar-refractivity contribution is 6.10. The molecule has 0 amide bonds. The fourth-order valence-electron chi connectivity index (χ4n) is 6.17. The fraction of sp³-hybridized carbons (Fsp3) is 0. The summed E-state index contributed by atoms with van der Waals surface area (Å²) >= 11 is 0. The molecule has 6 aromatic carbocycles. The molecule has 2 aromatic heterocycles. The molecule has 0 aliphatic carbocycles. The maximum absolute atomic E-state index is 15.7. The smallest absolute Gasteiger partial charge is 0.164 e.